The summed E-state index contributed by atoms with van der Waals surface area (Å²) in [7, 11) is -7.11. The Morgan fingerprint density at radius 1 is 1.19 bits per heavy atom. The van der Waals surface area contributed by atoms with E-state index >= 15 is 0 Å². The standard InChI is InChI=1S/C7H17NO6S2/c1-7(10,6-9)5-8-16(13,14)4-3-15(2,11)12/h8-10H,3-6H2,1-2H3. The molecule has 0 rings (SSSR count). The summed E-state index contributed by atoms with van der Waals surface area (Å²) >= 11 is 0. The first-order valence-electron chi connectivity index (χ1n) is 4.46. The molecular formula is C7H17NO6S2. The average Bonchev–Trinajstić information content (AvgIpc) is 2.12. The van der Waals surface area contributed by atoms with Crippen LogP contribution in [-0.4, -0.2) is 63.6 Å². The molecule has 1 atom stereocenters. The van der Waals surface area contributed by atoms with Gasteiger partial charge in [-0.15, -0.1) is 0 Å². The highest BCUT2D eigenvalue weighted by Gasteiger charge is 2.22. The highest BCUT2D eigenvalue weighted by molar-refractivity contribution is 7.93. The normalized spacial score (nSPS) is 17.0. The van der Waals surface area contributed by atoms with Gasteiger partial charge in [-0.3, -0.25) is 0 Å². The van der Waals surface area contributed by atoms with E-state index in [9.17, 15) is 21.9 Å². The molecule has 0 bridgehead atoms. The lowest BCUT2D eigenvalue weighted by Crippen LogP contribution is -2.44. The Kier molecular flexibility index (Phi) is 5.33. The number of nitrogens with one attached hydrogen (secondary N) is 1. The number of hydrogen-bond acceptors (Lipinski definition) is 6. The number of hydrogen-bond donors (Lipinski definition) is 3. The van der Waals surface area contributed by atoms with Crippen molar-refractivity contribution < 1.29 is 27.0 Å². The van der Waals surface area contributed by atoms with Gasteiger partial charge in [0.25, 0.3) is 0 Å². The van der Waals surface area contributed by atoms with Gasteiger partial charge in [-0.05, 0) is 6.92 Å². The average molecular weight is 275 g/mol. The van der Waals surface area contributed by atoms with Gasteiger partial charge in [-0.2, -0.15) is 0 Å². The molecule has 0 aliphatic carbocycles. The number of aliphatic hydroxyl groups is 2. The van der Waals surface area contributed by atoms with Gasteiger partial charge in [-0.1, -0.05) is 0 Å². The van der Waals surface area contributed by atoms with E-state index in [-0.39, 0.29) is 6.54 Å². The second-order valence-electron chi connectivity index (χ2n) is 3.92. The van der Waals surface area contributed by atoms with Crippen LogP contribution in [0.25, 0.3) is 0 Å². The van der Waals surface area contributed by atoms with Gasteiger partial charge in [0.05, 0.1) is 23.7 Å². The maximum atomic E-state index is 11.3. The maximum Gasteiger partial charge on any atom is 0.212 e. The van der Waals surface area contributed by atoms with Crippen LogP contribution in [0.5, 0.6) is 0 Å². The summed E-state index contributed by atoms with van der Waals surface area (Å²) < 4.78 is 46.1. The molecule has 0 aliphatic heterocycles. The van der Waals surface area contributed by atoms with Crippen LogP contribution in [0.1, 0.15) is 6.92 Å². The van der Waals surface area contributed by atoms with Crippen LogP contribution in [0.3, 0.4) is 0 Å². The van der Waals surface area contributed by atoms with E-state index in [0.717, 1.165) is 6.26 Å². The van der Waals surface area contributed by atoms with Crippen molar-refractivity contribution in [3.05, 3.63) is 0 Å². The summed E-state index contributed by atoms with van der Waals surface area (Å²) in [6.07, 6.45) is 0.937. The van der Waals surface area contributed by atoms with Crippen molar-refractivity contribution in [3.8, 4) is 0 Å². The number of rotatable bonds is 7. The molecule has 0 amide bonds. The van der Waals surface area contributed by atoms with Gasteiger partial charge in [0.15, 0.2) is 0 Å². The molecule has 0 aromatic rings. The number of sulfone groups is 1. The zero-order valence-corrected chi connectivity index (χ0v) is 10.8. The van der Waals surface area contributed by atoms with E-state index in [1.54, 1.807) is 0 Å². The summed E-state index contributed by atoms with van der Waals surface area (Å²) in [6, 6.07) is 0. The van der Waals surface area contributed by atoms with Crippen molar-refractivity contribution in [2.45, 2.75) is 12.5 Å². The second kappa shape index (κ2) is 5.41. The zero-order chi connectivity index (χ0) is 13.0. The van der Waals surface area contributed by atoms with Crippen LogP contribution < -0.4 is 4.72 Å². The van der Waals surface area contributed by atoms with Gasteiger partial charge >= 0.3 is 0 Å². The molecular weight excluding hydrogens is 258 g/mol. The molecule has 3 N–H and O–H groups in total. The van der Waals surface area contributed by atoms with Crippen LogP contribution in [0.15, 0.2) is 0 Å². The van der Waals surface area contributed by atoms with Crippen molar-refractivity contribution in [2.24, 2.45) is 0 Å². The van der Waals surface area contributed by atoms with Crippen molar-refractivity contribution in [1.82, 2.24) is 4.72 Å². The van der Waals surface area contributed by atoms with E-state index in [1.807, 2.05) is 4.72 Å². The highest BCUT2D eigenvalue weighted by atomic mass is 32.2. The highest BCUT2D eigenvalue weighted by Crippen LogP contribution is 2.00. The van der Waals surface area contributed by atoms with E-state index in [1.165, 1.54) is 6.92 Å². The second-order valence-corrected chi connectivity index (χ2v) is 8.11. The van der Waals surface area contributed by atoms with Crippen molar-refractivity contribution in [2.75, 3.05) is 30.9 Å². The van der Waals surface area contributed by atoms with Crippen molar-refractivity contribution in [3.63, 3.8) is 0 Å². The fourth-order valence-electron chi connectivity index (χ4n) is 0.655. The van der Waals surface area contributed by atoms with Crippen LogP contribution in [0.4, 0.5) is 0 Å². The van der Waals surface area contributed by atoms with Crippen LogP contribution in [-0.2, 0) is 19.9 Å². The van der Waals surface area contributed by atoms with E-state index in [2.05, 4.69) is 0 Å². The Morgan fingerprint density at radius 2 is 1.69 bits per heavy atom. The Morgan fingerprint density at radius 3 is 2.06 bits per heavy atom. The zero-order valence-electron chi connectivity index (χ0n) is 9.17. The molecule has 0 spiro atoms. The van der Waals surface area contributed by atoms with Gasteiger partial charge < -0.3 is 10.2 Å². The summed E-state index contributed by atoms with van der Waals surface area (Å²) in [4.78, 5) is 0. The molecule has 0 saturated heterocycles. The molecule has 0 fully saturated rings. The topological polar surface area (TPSA) is 121 Å². The molecule has 0 aromatic heterocycles. The first-order valence-corrected chi connectivity index (χ1v) is 8.17. The van der Waals surface area contributed by atoms with Gasteiger partial charge in [-0.25, -0.2) is 21.6 Å². The molecule has 0 heterocycles. The fourth-order valence-corrected chi connectivity index (χ4v) is 3.42. The number of aliphatic hydroxyl groups excluding tert-OH is 1. The minimum Gasteiger partial charge on any atom is -0.393 e. The third-order valence-electron chi connectivity index (χ3n) is 1.74. The third kappa shape index (κ3) is 7.99. The van der Waals surface area contributed by atoms with Gasteiger partial charge in [0, 0.05) is 12.8 Å². The molecule has 0 aromatic carbocycles. The third-order valence-corrected chi connectivity index (χ3v) is 4.27. The fraction of sp³-hybridized carbons (Fsp3) is 1.00. The number of sulfonamides is 1. The van der Waals surface area contributed by atoms with Gasteiger partial charge in [0.2, 0.25) is 10.0 Å². The van der Waals surface area contributed by atoms with Crippen LogP contribution in [0.2, 0.25) is 0 Å². The lowest BCUT2D eigenvalue weighted by Gasteiger charge is -2.20. The quantitative estimate of drug-likeness (QED) is 0.480. The molecule has 9 heteroatoms. The minimum atomic E-state index is -3.76. The van der Waals surface area contributed by atoms with Crippen molar-refractivity contribution >= 4 is 19.9 Å². The van der Waals surface area contributed by atoms with Crippen molar-refractivity contribution in [1.29, 1.82) is 0 Å². The minimum absolute atomic E-state index is 0.365. The Bertz CT molecular complexity index is 410. The largest absolute Gasteiger partial charge is 0.393 e. The SMILES string of the molecule is CC(O)(CO)CNS(=O)(=O)CCS(C)(=O)=O. The van der Waals surface area contributed by atoms with E-state index < -0.39 is 43.6 Å². The lowest BCUT2D eigenvalue weighted by atomic mass is 10.1. The monoisotopic (exact) mass is 275 g/mol. The molecule has 98 valence electrons. The molecule has 0 saturated carbocycles. The lowest BCUT2D eigenvalue weighted by molar-refractivity contribution is 0.00682. The molecule has 7 nitrogen and oxygen atoms in total. The first kappa shape index (κ1) is 15.8. The Labute approximate surface area is 95.5 Å². The molecule has 0 aliphatic rings. The predicted molar refractivity (Wildman–Crippen MR) is 59.2 cm³/mol. The van der Waals surface area contributed by atoms with Crippen LogP contribution in [0, 0.1) is 0 Å². The summed E-state index contributed by atoms with van der Waals surface area (Å²) in [6.45, 7) is 0.295. The summed E-state index contributed by atoms with van der Waals surface area (Å²) in [5, 5.41) is 18.0. The van der Waals surface area contributed by atoms with Crippen LogP contribution >= 0.6 is 0 Å². The summed E-state index contributed by atoms with van der Waals surface area (Å²) in [5.74, 6) is -1.04. The summed E-state index contributed by atoms with van der Waals surface area (Å²) in [5.41, 5.74) is -1.56. The first-order chi connectivity index (χ1) is 6.97. The smallest absolute Gasteiger partial charge is 0.212 e. The molecule has 16 heavy (non-hydrogen) atoms. The maximum absolute atomic E-state index is 11.3. The molecule has 1 unspecified atom stereocenters. The Balaban J connectivity index is 4.28. The van der Waals surface area contributed by atoms with Gasteiger partial charge in [0.1, 0.15) is 9.84 Å². The predicted octanol–water partition coefficient (Wildman–Crippen LogP) is -2.31. The molecule has 0 radical (unpaired) electrons. The van der Waals surface area contributed by atoms with E-state index in [4.69, 9.17) is 5.11 Å². The van der Waals surface area contributed by atoms with E-state index in [0.29, 0.717) is 0 Å². The Hall–Kier alpha value is -0.220.